The number of carbonyl (C=O) groups excluding carboxylic acids is 2. The van der Waals surface area contributed by atoms with Crippen LogP contribution in [0.25, 0.3) is 0 Å². The molecule has 2 rings (SSSR count). The maximum absolute atomic E-state index is 12.2. The quantitative estimate of drug-likeness (QED) is 0.887. The summed E-state index contributed by atoms with van der Waals surface area (Å²) in [4.78, 5) is 29.7. The van der Waals surface area contributed by atoms with Gasteiger partial charge >= 0.3 is 0 Å². The first-order valence-electron chi connectivity index (χ1n) is 8.01. The Morgan fingerprint density at radius 3 is 2.38 bits per heavy atom. The van der Waals surface area contributed by atoms with E-state index in [9.17, 15) is 9.59 Å². The maximum Gasteiger partial charge on any atom is 0.244 e. The fourth-order valence-corrected chi connectivity index (χ4v) is 2.29. The largest absolute Gasteiger partial charge is 0.328 e. The molecule has 126 valence electrons. The standard InChI is InChI=1S/C19H23N3O2/c1-14(2)16-7-9-17(10-8-16)21-19(24)13-22(15(3)23)12-18-6-4-5-11-20-18/h4-11,14H,12-13H2,1-3H3,(H,21,24). The van der Waals surface area contributed by atoms with Crippen LogP contribution in [-0.4, -0.2) is 28.2 Å². The van der Waals surface area contributed by atoms with Crippen molar-refractivity contribution in [1.82, 2.24) is 9.88 Å². The number of carbonyl (C=O) groups is 2. The number of benzene rings is 1. The number of amides is 2. The lowest BCUT2D eigenvalue weighted by molar-refractivity contribution is -0.133. The molecule has 0 unspecified atom stereocenters. The van der Waals surface area contributed by atoms with Crippen LogP contribution < -0.4 is 5.32 Å². The maximum atomic E-state index is 12.2. The van der Waals surface area contributed by atoms with Gasteiger partial charge in [-0.3, -0.25) is 14.6 Å². The number of nitrogens with one attached hydrogen (secondary N) is 1. The zero-order valence-corrected chi connectivity index (χ0v) is 14.3. The average Bonchev–Trinajstić information content (AvgIpc) is 2.55. The van der Waals surface area contributed by atoms with E-state index in [0.29, 0.717) is 12.5 Å². The Kier molecular flexibility index (Phi) is 6.07. The third-order valence-electron chi connectivity index (χ3n) is 3.72. The van der Waals surface area contributed by atoms with Crippen molar-refractivity contribution >= 4 is 17.5 Å². The first-order chi connectivity index (χ1) is 11.5. The van der Waals surface area contributed by atoms with Gasteiger partial charge in [-0.2, -0.15) is 0 Å². The van der Waals surface area contributed by atoms with Crippen LogP contribution in [0.5, 0.6) is 0 Å². The molecule has 5 heteroatoms. The van der Waals surface area contributed by atoms with Gasteiger partial charge in [-0.25, -0.2) is 0 Å². The van der Waals surface area contributed by atoms with E-state index in [-0.39, 0.29) is 18.4 Å². The van der Waals surface area contributed by atoms with Crippen molar-refractivity contribution in [2.45, 2.75) is 33.2 Å². The molecule has 0 atom stereocenters. The van der Waals surface area contributed by atoms with Crippen LogP contribution in [0.4, 0.5) is 5.69 Å². The lowest BCUT2D eigenvalue weighted by Gasteiger charge is -2.20. The van der Waals surface area contributed by atoms with E-state index in [0.717, 1.165) is 11.4 Å². The van der Waals surface area contributed by atoms with Gasteiger partial charge in [0.25, 0.3) is 0 Å². The van der Waals surface area contributed by atoms with Gasteiger partial charge in [0.2, 0.25) is 11.8 Å². The summed E-state index contributed by atoms with van der Waals surface area (Å²) in [7, 11) is 0. The SMILES string of the molecule is CC(=O)N(CC(=O)Nc1ccc(C(C)C)cc1)Cc1ccccn1. The molecule has 24 heavy (non-hydrogen) atoms. The topological polar surface area (TPSA) is 62.3 Å². The van der Waals surface area contributed by atoms with E-state index >= 15 is 0 Å². The van der Waals surface area contributed by atoms with Crippen molar-refractivity contribution in [1.29, 1.82) is 0 Å². The van der Waals surface area contributed by atoms with Gasteiger partial charge in [0, 0.05) is 18.8 Å². The third kappa shape index (κ3) is 5.19. The molecule has 0 aliphatic carbocycles. The van der Waals surface area contributed by atoms with Gasteiger partial charge in [0.1, 0.15) is 6.54 Å². The number of rotatable bonds is 6. The molecule has 1 heterocycles. The van der Waals surface area contributed by atoms with E-state index in [1.165, 1.54) is 17.4 Å². The molecule has 0 bridgehead atoms. The molecule has 5 nitrogen and oxygen atoms in total. The molecule has 0 saturated heterocycles. The normalized spacial score (nSPS) is 10.5. The van der Waals surface area contributed by atoms with Gasteiger partial charge in [0.05, 0.1) is 12.2 Å². The molecule has 1 N–H and O–H groups in total. The van der Waals surface area contributed by atoms with E-state index in [1.807, 2.05) is 42.5 Å². The Hall–Kier alpha value is -2.69. The van der Waals surface area contributed by atoms with Crippen molar-refractivity contribution in [3.05, 3.63) is 59.9 Å². The molecular formula is C19H23N3O2. The Bertz CT molecular complexity index is 682. The van der Waals surface area contributed by atoms with E-state index in [2.05, 4.69) is 24.1 Å². The van der Waals surface area contributed by atoms with Crippen LogP contribution in [0, 0.1) is 0 Å². The summed E-state index contributed by atoms with van der Waals surface area (Å²) in [5, 5.41) is 2.83. The summed E-state index contributed by atoms with van der Waals surface area (Å²) in [6.07, 6.45) is 1.67. The Balaban J connectivity index is 1.96. The van der Waals surface area contributed by atoms with Crippen LogP contribution in [0.2, 0.25) is 0 Å². The molecule has 1 aromatic carbocycles. The molecule has 1 aromatic heterocycles. The molecule has 0 aliphatic rings. The van der Waals surface area contributed by atoms with Gasteiger partial charge in [-0.1, -0.05) is 32.0 Å². The van der Waals surface area contributed by atoms with Crippen LogP contribution in [0.15, 0.2) is 48.7 Å². The third-order valence-corrected chi connectivity index (χ3v) is 3.72. The number of nitrogens with zero attached hydrogens (tertiary/aromatic N) is 2. The first kappa shape index (κ1) is 17.7. The van der Waals surface area contributed by atoms with Gasteiger partial charge in [-0.15, -0.1) is 0 Å². The van der Waals surface area contributed by atoms with Crippen LogP contribution in [0.3, 0.4) is 0 Å². The average molecular weight is 325 g/mol. The molecule has 0 spiro atoms. The lowest BCUT2D eigenvalue weighted by Crippen LogP contribution is -2.36. The minimum Gasteiger partial charge on any atom is -0.328 e. The molecule has 2 aromatic rings. The number of pyridine rings is 1. The van der Waals surface area contributed by atoms with Crippen molar-refractivity contribution in [3.8, 4) is 0 Å². The number of hydrogen-bond acceptors (Lipinski definition) is 3. The second-order valence-electron chi connectivity index (χ2n) is 6.02. The zero-order valence-electron chi connectivity index (χ0n) is 14.3. The second-order valence-corrected chi connectivity index (χ2v) is 6.02. The number of aromatic nitrogens is 1. The van der Waals surface area contributed by atoms with Gasteiger partial charge < -0.3 is 10.2 Å². The lowest BCUT2D eigenvalue weighted by atomic mass is 10.0. The molecule has 0 aliphatic heterocycles. The fraction of sp³-hybridized carbons (Fsp3) is 0.316. The highest BCUT2D eigenvalue weighted by Gasteiger charge is 2.15. The van der Waals surface area contributed by atoms with Crippen molar-refractivity contribution < 1.29 is 9.59 Å². The summed E-state index contributed by atoms with van der Waals surface area (Å²) in [5.41, 5.74) is 2.70. The predicted molar refractivity (Wildman–Crippen MR) is 94.5 cm³/mol. The minimum atomic E-state index is -0.224. The second kappa shape index (κ2) is 8.24. The summed E-state index contributed by atoms with van der Waals surface area (Å²) >= 11 is 0. The minimum absolute atomic E-state index is 0.00214. The van der Waals surface area contributed by atoms with Crippen molar-refractivity contribution in [2.24, 2.45) is 0 Å². The number of anilines is 1. The highest BCUT2D eigenvalue weighted by atomic mass is 16.2. The van der Waals surface area contributed by atoms with E-state index in [4.69, 9.17) is 0 Å². The van der Waals surface area contributed by atoms with E-state index < -0.39 is 0 Å². The summed E-state index contributed by atoms with van der Waals surface area (Å²) < 4.78 is 0. The molecule has 0 radical (unpaired) electrons. The Labute approximate surface area is 142 Å². The predicted octanol–water partition coefficient (Wildman–Crippen LogP) is 3.19. The van der Waals surface area contributed by atoms with Crippen molar-refractivity contribution in [2.75, 3.05) is 11.9 Å². The molecule has 0 fully saturated rings. The smallest absolute Gasteiger partial charge is 0.244 e. The summed E-state index contributed by atoms with van der Waals surface area (Å²) in [5.74, 6) is 0.0608. The van der Waals surface area contributed by atoms with Gasteiger partial charge in [0.15, 0.2) is 0 Å². The molecular weight excluding hydrogens is 302 g/mol. The molecule has 0 saturated carbocycles. The highest BCUT2D eigenvalue weighted by Crippen LogP contribution is 2.17. The summed E-state index contributed by atoms with van der Waals surface area (Å²) in [6, 6.07) is 13.3. The highest BCUT2D eigenvalue weighted by molar-refractivity contribution is 5.94. The Morgan fingerprint density at radius 2 is 1.83 bits per heavy atom. The van der Waals surface area contributed by atoms with Crippen LogP contribution >= 0.6 is 0 Å². The fourth-order valence-electron chi connectivity index (χ4n) is 2.29. The number of hydrogen-bond donors (Lipinski definition) is 1. The van der Waals surface area contributed by atoms with Crippen LogP contribution in [-0.2, 0) is 16.1 Å². The van der Waals surface area contributed by atoms with E-state index in [1.54, 1.807) is 6.20 Å². The Morgan fingerprint density at radius 1 is 1.12 bits per heavy atom. The van der Waals surface area contributed by atoms with Crippen LogP contribution in [0.1, 0.15) is 37.9 Å². The molecule has 2 amide bonds. The monoisotopic (exact) mass is 325 g/mol. The first-order valence-corrected chi connectivity index (χ1v) is 8.01. The van der Waals surface area contributed by atoms with Crippen molar-refractivity contribution in [3.63, 3.8) is 0 Å². The summed E-state index contributed by atoms with van der Waals surface area (Å²) in [6.45, 7) is 6.01. The van der Waals surface area contributed by atoms with Gasteiger partial charge in [-0.05, 0) is 35.7 Å². The zero-order chi connectivity index (χ0) is 17.5.